The number of aromatic amines is 1. The summed E-state index contributed by atoms with van der Waals surface area (Å²) >= 11 is 0. The number of H-pyrrole nitrogens is 1. The molecule has 0 unspecified atom stereocenters. The minimum absolute atomic E-state index is 0.0418. The largest absolute Gasteiger partial charge is 0.340 e. The third-order valence-corrected chi connectivity index (χ3v) is 6.27. The first kappa shape index (κ1) is 19.2. The zero-order chi connectivity index (χ0) is 19.5. The van der Waals surface area contributed by atoms with Crippen LogP contribution >= 0.6 is 0 Å². The average molecular weight is 381 g/mol. The van der Waals surface area contributed by atoms with Gasteiger partial charge in [0.05, 0.1) is 0 Å². The summed E-state index contributed by atoms with van der Waals surface area (Å²) in [4.78, 5) is 17.2. The van der Waals surface area contributed by atoms with Gasteiger partial charge in [0.15, 0.2) is 0 Å². The number of likely N-dealkylation sites (tertiary alicyclic amines) is 1. The predicted octanol–water partition coefficient (Wildman–Crippen LogP) is 3.62. The van der Waals surface area contributed by atoms with E-state index in [0.717, 1.165) is 31.7 Å². The number of rotatable bonds is 7. The van der Waals surface area contributed by atoms with Crippen LogP contribution in [-0.4, -0.2) is 59.1 Å². The number of aromatic nitrogens is 2. The highest BCUT2D eigenvalue weighted by atomic mass is 16.2. The molecule has 1 amide bonds. The van der Waals surface area contributed by atoms with E-state index in [1.54, 1.807) is 0 Å². The monoisotopic (exact) mass is 380 g/mol. The van der Waals surface area contributed by atoms with Gasteiger partial charge < -0.3 is 9.80 Å². The summed E-state index contributed by atoms with van der Waals surface area (Å²) in [5, 5.41) is 7.30. The zero-order valence-corrected chi connectivity index (χ0v) is 17.2. The molecule has 2 fully saturated rings. The maximum Gasteiger partial charge on any atom is 0.274 e. The second kappa shape index (κ2) is 8.48. The molecule has 2 aliphatic rings. The highest BCUT2D eigenvalue weighted by molar-refractivity contribution is 5.92. The second-order valence-corrected chi connectivity index (χ2v) is 8.65. The molecule has 1 aromatic heterocycles. The molecule has 150 valence electrons. The molecule has 2 aromatic rings. The molecule has 5 nitrogen and oxygen atoms in total. The fraction of sp³-hybridized carbons (Fsp3) is 0.565. The lowest BCUT2D eigenvalue weighted by molar-refractivity contribution is 0.0724. The van der Waals surface area contributed by atoms with Crippen LogP contribution in [0.15, 0.2) is 30.3 Å². The van der Waals surface area contributed by atoms with E-state index in [1.807, 2.05) is 18.0 Å². The number of carbonyl (C=O) groups is 1. The van der Waals surface area contributed by atoms with Crippen LogP contribution in [-0.2, 0) is 6.42 Å². The molecule has 1 aliphatic heterocycles. The fourth-order valence-electron chi connectivity index (χ4n) is 4.39. The number of amides is 1. The van der Waals surface area contributed by atoms with E-state index in [-0.39, 0.29) is 5.91 Å². The molecule has 1 saturated heterocycles. The van der Waals surface area contributed by atoms with Crippen LogP contribution in [0.3, 0.4) is 0 Å². The van der Waals surface area contributed by atoms with E-state index >= 15 is 0 Å². The van der Waals surface area contributed by atoms with Crippen molar-refractivity contribution in [1.82, 2.24) is 20.0 Å². The maximum atomic E-state index is 12.7. The molecular formula is C23H32N4O. The highest BCUT2D eigenvalue weighted by Crippen LogP contribution is 2.39. The fourth-order valence-corrected chi connectivity index (χ4v) is 4.39. The summed E-state index contributed by atoms with van der Waals surface area (Å²) in [6.45, 7) is 6.36. The van der Waals surface area contributed by atoms with Crippen LogP contribution < -0.4 is 0 Å². The van der Waals surface area contributed by atoms with Crippen molar-refractivity contribution in [1.29, 1.82) is 0 Å². The first-order valence-electron chi connectivity index (χ1n) is 10.7. The molecule has 0 bridgehead atoms. The van der Waals surface area contributed by atoms with Gasteiger partial charge in [0.2, 0.25) is 0 Å². The van der Waals surface area contributed by atoms with Crippen molar-refractivity contribution >= 4 is 5.91 Å². The Labute approximate surface area is 168 Å². The Morgan fingerprint density at radius 3 is 2.89 bits per heavy atom. The lowest BCUT2D eigenvalue weighted by Crippen LogP contribution is -2.42. The Hall–Kier alpha value is -2.14. The summed E-state index contributed by atoms with van der Waals surface area (Å²) in [6, 6.07) is 10.6. The minimum atomic E-state index is 0.0418. The third kappa shape index (κ3) is 4.64. The first-order chi connectivity index (χ1) is 13.6. The van der Waals surface area contributed by atoms with Crippen molar-refractivity contribution in [2.24, 2.45) is 5.92 Å². The van der Waals surface area contributed by atoms with E-state index in [1.165, 1.54) is 43.4 Å². The van der Waals surface area contributed by atoms with Crippen LogP contribution in [0.25, 0.3) is 0 Å². The molecule has 0 spiro atoms. The molecule has 1 atom stereocenters. The van der Waals surface area contributed by atoms with Gasteiger partial charge in [-0.15, -0.1) is 0 Å². The lowest BCUT2D eigenvalue weighted by atomic mass is 9.96. The van der Waals surface area contributed by atoms with Gasteiger partial charge in [-0.3, -0.25) is 9.89 Å². The molecule has 1 aromatic carbocycles. The Balaban J connectivity index is 1.27. The number of aryl methyl sites for hydroxylation is 1. The SMILES string of the molecule is Cc1ccccc1CCN1CCC[C@H](CN(C)C(=O)c2cc(C3CC3)[nH]n2)C1. The Morgan fingerprint density at radius 1 is 1.29 bits per heavy atom. The molecular weight excluding hydrogens is 348 g/mol. The van der Waals surface area contributed by atoms with Crippen LogP contribution in [0.5, 0.6) is 0 Å². The molecule has 1 aliphatic carbocycles. The molecule has 5 heteroatoms. The van der Waals surface area contributed by atoms with Crippen LogP contribution in [0.1, 0.15) is 58.9 Å². The maximum absolute atomic E-state index is 12.7. The number of piperidine rings is 1. The molecule has 1 saturated carbocycles. The number of hydrogen-bond donors (Lipinski definition) is 1. The molecule has 4 rings (SSSR count). The van der Waals surface area contributed by atoms with E-state index in [0.29, 0.717) is 17.5 Å². The summed E-state index contributed by atoms with van der Waals surface area (Å²) in [5.74, 6) is 1.18. The molecule has 1 N–H and O–H groups in total. The van der Waals surface area contributed by atoms with Gasteiger partial charge in [0.1, 0.15) is 5.69 Å². The van der Waals surface area contributed by atoms with Gasteiger partial charge in [-0.2, -0.15) is 5.10 Å². The minimum Gasteiger partial charge on any atom is -0.340 e. The summed E-state index contributed by atoms with van der Waals surface area (Å²) in [7, 11) is 1.92. The third-order valence-electron chi connectivity index (χ3n) is 6.27. The predicted molar refractivity (Wildman–Crippen MR) is 112 cm³/mol. The van der Waals surface area contributed by atoms with Crippen molar-refractivity contribution in [3.8, 4) is 0 Å². The van der Waals surface area contributed by atoms with Gasteiger partial charge in [-0.1, -0.05) is 24.3 Å². The smallest absolute Gasteiger partial charge is 0.274 e. The van der Waals surface area contributed by atoms with Crippen molar-refractivity contribution < 1.29 is 4.79 Å². The quantitative estimate of drug-likeness (QED) is 0.798. The van der Waals surface area contributed by atoms with E-state index in [9.17, 15) is 4.79 Å². The van der Waals surface area contributed by atoms with E-state index in [4.69, 9.17) is 0 Å². The van der Waals surface area contributed by atoms with Gasteiger partial charge in [0.25, 0.3) is 5.91 Å². The lowest BCUT2D eigenvalue weighted by Gasteiger charge is -2.34. The zero-order valence-electron chi connectivity index (χ0n) is 17.2. The topological polar surface area (TPSA) is 52.2 Å². The normalized spacial score (nSPS) is 20.3. The van der Waals surface area contributed by atoms with Gasteiger partial charge in [0, 0.05) is 38.3 Å². The number of nitrogens with zero attached hydrogens (tertiary/aromatic N) is 3. The van der Waals surface area contributed by atoms with Crippen molar-refractivity contribution in [2.75, 3.05) is 33.2 Å². The average Bonchev–Trinajstić information content (AvgIpc) is 3.44. The number of nitrogens with one attached hydrogen (secondary N) is 1. The molecule has 28 heavy (non-hydrogen) atoms. The van der Waals surface area contributed by atoms with Crippen LogP contribution in [0, 0.1) is 12.8 Å². The molecule has 2 heterocycles. The highest BCUT2D eigenvalue weighted by Gasteiger charge is 2.28. The van der Waals surface area contributed by atoms with Crippen molar-refractivity contribution in [2.45, 2.75) is 44.9 Å². The Morgan fingerprint density at radius 2 is 2.11 bits per heavy atom. The van der Waals surface area contributed by atoms with Crippen molar-refractivity contribution in [3.63, 3.8) is 0 Å². The second-order valence-electron chi connectivity index (χ2n) is 8.65. The number of carbonyl (C=O) groups excluding carboxylic acids is 1. The summed E-state index contributed by atoms with van der Waals surface area (Å²) in [5.41, 5.74) is 4.52. The van der Waals surface area contributed by atoms with E-state index < -0.39 is 0 Å². The molecule has 0 radical (unpaired) electrons. The van der Waals surface area contributed by atoms with Gasteiger partial charge in [-0.05, 0) is 68.7 Å². The van der Waals surface area contributed by atoms with E-state index in [2.05, 4.69) is 46.3 Å². The van der Waals surface area contributed by atoms with Crippen LogP contribution in [0.4, 0.5) is 0 Å². The van der Waals surface area contributed by atoms with Gasteiger partial charge in [-0.25, -0.2) is 0 Å². The van der Waals surface area contributed by atoms with Crippen LogP contribution in [0.2, 0.25) is 0 Å². The Bertz CT molecular complexity index is 810. The number of benzene rings is 1. The Kier molecular flexibility index (Phi) is 5.81. The van der Waals surface area contributed by atoms with Gasteiger partial charge >= 0.3 is 0 Å². The standard InChI is InChI=1S/C23H32N4O/c1-17-6-3-4-8-19(17)11-13-27-12-5-7-18(16-27)15-26(2)23(28)22-14-21(24-25-22)20-9-10-20/h3-4,6,8,14,18,20H,5,7,9-13,15-16H2,1-2H3,(H,24,25)/t18-/m1/s1. The number of hydrogen-bond acceptors (Lipinski definition) is 3. The summed E-state index contributed by atoms with van der Waals surface area (Å²) in [6.07, 6.45) is 5.95. The first-order valence-corrected chi connectivity index (χ1v) is 10.7. The summed E-state index contributed by atoms with van der Waals surface area (Å²) < 4.78 is 0. The van der Waals surface area contributed by atoms with Crippen molar-refractivity contribution in [3.05, 3.63) is 52.8 Å².